The first kappa shape index (κ1) is 28.6. The van der Waals surface area contributed by atoms with Crippen molar-refractivity contribution in [1.82, 2.24) is 4.98 Å². The van der Waals surface area contributed by atoms with Crippen LogP contribution in [0.15, 0.2) is 48.7 Å². The quantitative estimate of drug-likeness (QED) is 0.557. The largest absolute Gasteiger partial charge is 0.464 e. The number of halogens is 1. The predicted octanol–water partition coefficient (Wildman–Crippen LogP) is 5.74. The number of methoxy groups -OCH3 is 1. The van der Waals surface area contributed by atoms with E-state index in [1.54, 1.807) is 17.0 Å². The molecule has 1 aliphatic rings. The molecule has 1 aromatic heterocycles. The average Bonchev–Trinajstić information content (AvgIpc) is 2.83. The highest BCUT2D eigenvalue weighted by Crippen LogP contribution is 2.27. The molecule has 2 aromatic rings. The molecule has 0 spiro atoms. The van der Waals surface area contributed by atoms with Gasteiger partial charge in [0.1, 0.15) is 5.69 Å². The van der Waals surface area contributed by atoms with E-state index in [0.29, 0.717) is 12.2 Å². The van der Waals surface area contributed by atoms with Crippen molar-refractivity contribution < 1.29 is 14.3 Å². The Labute approximate surface area is 203 Å². The number of hydrogen-bond acceptors (Lipinski definition) is 5. The van der Waals surface area contributed by atoms with E-state index in [2.05, 4.69) is 16.6 Å². The van der Waals surface area contributed by atoms with E-state index in [9.17, 15) is 9.59 Å². The summed E-state index contributed by atoms with van der Waals surface area (Å²) in [6.07, 6.45) is 7.89. The summed E-state index contributed by atoms with van der Waals surface area (Å²) in [5, 5.41) is 0.794. The van der Waals surface area contributed by atoms with Crippen LogP contribution in [0.3, 0.4) is 0 Å². The Morgan fingerprint density at radius 1 is 1.15 bits per heavy atom. The number of carbonyl (C=O) groups is 2. The Morgan fingerprint density at radius 2 is 1.79 bits per heavy atom. The summed E-state index contributed by atoms with van der Waals surface area (Å²) in [7, 11) is 1.30. The molecule has 182 valence electrons. The highest BCUT2D eigenvalue weighted by molar-refractivity contribution is 6.30. The summed E-state index contributed by atoms with van der Waals surface area (Å²) in [6, 6.07) is 12.7. The van der Waals surface area contributed by atoms with Crippen LogP contribution in [-0.4, -0.2) is 37.1 Å². The molecule has 1 aromatic carbocycles. The van der Waals surface area contributed by atoms with Gasteiger partial charge in [-0.2, -0.15) is 0 Å². The van der Waals surface area contributed by atoms with Crippen molar-refractivity contribution in [2.45, 2.75) is 52.9 Å². The summed E-state index contributed by atoms with van der Waals surface area (Å²) in [5.41, 5.74) is 6.41. The van der Waals surface area contributed by atoms with E-state index >= 15 is 0 Å². The van der Waals surface area contributed by atoms with Crippen LogP contribution in [0.5, 0.6) is 0 Å². The molecule has 7 heteroatoms. The summed E-state index contributed by atoms with van der Waals surface area (Å²) in [4.78, 5) is 28.3. The number of pyridine rings is 1. The SMILES string of the molecule is CC1CCC(CN)CC1.CCCN(C(C)=O)c1ccnc(C(=O)OC)c1.Clc1ccccc1. The summed E-state index contributed by atoms with van der Waals surface area (Å²) < 4.78 is 4.59. The molecule has 0 radical (unpaired) electrons. The van der Waals surface area contributed by atoms with Crippen molar-refractivity contribution in [2.75, 3.05) is 25.1 Å². The monoisotopic (exact) mass is 475 g/mol. The van der Waals surface area contributed by atoms with Crippen molar-refractivity contribution in [2.24, 2.45) is 17.6 Å². The number of ether oxygens (including phenoxy) is 1. The molecule has 1 amide bonds. The van der Waals surface area contributed by atoms with Gasteiger partial charge in [0.05, 0.1) is 7.11 Å². The highest BCUT2D eigenvalue weighted by atomic mass is 35.5. The summed E-state index contributed by atoms with van der Waals surface area (Å²) >= 11 is 5.54. The van der Waals surface area contributed by atoms with Crippen LogP contribution in [0.2, 0.25) is 5.02 Å². The van der Waals surface area contributed by atoms with Crippen molar-refractivity contribution >= 4 is 29.2 Å². The Bertz CT molecular complexity index is 825. The molecule has 0 saturated heterocycles. The average molecular weight is 476 g/mol. The van der Waals surface area contributed by atoms with Crippen LogP contribution in [0.25, 0.3) is 0 Å². The van der Waals surface area contributed by atoms with Crippen LogP contribution in [0, 0.1) is 11.8 Å². The maximum atomic E-state index is 11.5. The molecule has 0 atom stereocenters. The lowest BCUT2D eigenvalue weighted by Gasteiger charge is -2.24. The van der Waals surface area contributed by atoms with Crippen LogP contribution in [0.4, 0.5) is 5.69 Å². The number of aromatic nitrogens is 1. The summed E-state index contributed by atoms with van der Waals surface area (Å²) in [6.45, 7) is 7.34. The molecule has 1 saturated carbocycles. The molecule has 1 aliphatic carbocycles. The normalized spacial score (nSPS) is 16.9. The second kappa shape index (κ2) is 16.2. The minimum atomic E-state index is -0.508. The molecule has 1 heterocycles. The Morgan fingerprint density at radius 3 is 2.24 bits per heavy atom. The van der Waals surface area contributed by atoms with Gasteiger partial charge in [-0.3, -0.25) is 4.79 Å². The van der Waals surface area contributed by atoms with Gasteiger partial charge in [-0.05, 0) is 61.9 Å². The molecular formula is C26H38ClN3O3. The van der Waals surface area contributed by atoms with Gasteiger partial charge in [0.15, 0.2) is 0 Å². The molecule has 0 bridgehead atoms. The van der Waals surface area contributed by atoms with Crippen LogP contribution < -0.4 is 10.6 Å². The van der Waals surface area contributed by atoms with Crippen LogP contribution >= 0.6 is 11.6 Å². The fourth-order valence-electron chi connectivity index (χ4n) is 3.47. The van der Waals surface area contributed by atoms with Crippen molar-refractivity contribution in [3.63, 3.8) is 0 Å². The smallest absolute Gasteiger partial charge is 0.356 e. The van der Waals surface area contributed by atoms with Gasteiger partial charge in [0.2, 0.25) is 5.91 Å². The Kier molecular flexibility index (Phi) is 14.1. The second-order valence-corrected chi connectivity index (χ2v) is 8.66. The van der Waals surface area contributed by atoms with Crippen molar-refractivity contribution in [1.29, 1.82) is 0 Å². The zero-order valence-corrected chi connectivity index (χ0v) is 21.1. The first-order valence-electron chi connectivity index (χ1n) is 11.5. The minimum Gasteiger partial charge on any atom is -0.464 e. The fourth-order valence-corrected chi connectivity index (χ4v) is 3.62. The van der Waals surface area contributed by atoms with Crippen molar-refractivity contribution in [3.8, 4) is 0 Å². The van der Waals surface area contributed by atoms with E-state index in [1.165, 1.54) is 45.9 Å². The third-order valence-electron chi connectivity index (χ3n) is 5.48. The van der Waals surface area contributed by atoms with E-state index in [0.717, 1.165) is 29.8 Å². The van der Waals surface area contributed by atoms with Gasteiger partial charge in [-0.25, -0.2) is 9.78 Å². The van der Waals surface area contributed by atoms with Gasteiger partial charge in [-0.15, -0.1) is 0 Å². The standard InChI is InChI=1S/C12H16N2O3.C8H17N.C6H5Cl/c1-4-7-14(9(2)15)10-5-6-13-11(8-10)12(16)17-3;1-7-2-4-8(6-9)5-3-7;7-6-4-2-1-3-5-6/h5-6,8H,4,7H2,1-3H3;7-8H,2-6,9H2,1H3;1-5H. The zero-order valence-electron chi connectivity index (χ0n) is 20.3. The lowest BCUT2D eigenvalue weighted by atomic mass is 9.83. The zero-order chi connectivity index (χ0) is 24.6. The fraction of sp³-hybridized carbons (Fsp3) is 0.500. The molecule has 1 fully saturated rings. The highest BCUT2D eigenvalue weighted by Gasteiger charge is 2.16. The van der Waals surface area contributed by atoms with Gasteiger partial charge in [-0.1, -0.05) is 56.5 Å². The molecule has 3 rings (SSSR count). The topological polar surface area (TPSA) is 85.5 Å². The van der Waals surface area contributed by atoms with E-state index in [-0.39, 0.29) is 11.6 Å². The number of esters is 1. The number of rotatable bonds is 5. The third kappa shape index (κ3) is 11.3. The number of benzene rings is 1. The number of anilines is 1. The van der Waals surface area contributed by atoms with Gasteiger partial charge in [0, 0.05) is 30.4 Å². The van der Waals surface area contributed by atoms with Crippen LogP contribution in [-0.2, 0) is 9.53 Å². The number of carbonyl (C=O) groups excluding carboxylic acids is 2. The molecule has 2 N–H and O–H groups in total. The van der Waals surface area contributed by atoms with Gasteiger partial charge >= 0.3 is 5.97 Å². The van der Waals surface area contributed by atoms with E-state index in [4.69, 9.17) is 17.3 Å². The number of amides is 1. The van der Waals surface area contributed by atoms with Crippen molar-refractivity contribution in [3.05, 3.63) is 59.4 Å². The predicted molar refractivity (Wildman–Crippen MR) is 136 cm³/mol. The Hall–Kier alpha value is -2.44. The molecule has 0 aliphatic heterocycles. The number of hydrogen-bond donors (Lipinski definition) is 1. The first-order chi connectivity index (χ1) is 15.8. The van der Waals surface area contributed by atoms with Crippen LogP contribution in [0.1, 0.15) is 63.4 Å². The third-order valence-corrected chi connectivity index (χ3v) is 5.73. The number of nitrogens with zero attached hydrogens (tertiary/aromatic N) is 2. The van der Waals surface area contributed by atoms with E-state index in [1.807, 2.05) is 37.3 Å². The second-order valence-electron chi connectivity index (χ2n) is 8.22. The summed E-state index contributed by atoms with van der Waals surface area (Å²) in [5.74, 6) is 1.25. The molecule has 6 nitrogen and oxygen atoms in total. The van der Waals surface area contributed by atoms with Gasteiger partial charge < -0.3 is 15.4 Å². The lowest BCUT2D eigenvalue weighted by Crippen LogP contribution is -2.29. The molecule has 33 heavy (non-hydrogen) atoms. The lowest BCUT2D eigenvalue weighted by molar-refractivity contribution is -0.116. The Balaban J connectivity index is 0.000000282. The van der Waals surface area contributed by atoms with Gasteiger partial charge in [0.25, 0.3) is 0 Å². The van der Waals surface area contributed by atoms with E-state index < -0.39 is 5.97 Å². The maximum Gasteiger partial charge on any atom is 0.356 e. The molecular weight excluding hydrogens is 438 g/mol. The maximum absolute atomic E-state index is 11.5. The molecule has 0 unspecified atom stereocenters. The number of nitrogens with two attached hydrogens (primary N) is 1. The first-order valence-corrected chi connectivity index (χ1v) is 11.9. The minimum absolute atomic E-state index is 0.0612.